The fraction of sp³-hybridized carbons (Fsp3) is 0.250. The van der Waals surface area contributed by atoms with E-state index in [1.54, 1.807) is 18.3 Å². The van der Waals surface area contributed by atoms with Gasteiger partial charge < -0.3 is 9.32 Å². The van der Waals surface area contributed by atoms with Gasteiger partial charge in [-0.05, 0) is 48.1 Å². The predicted molar refractivity (Wildman–Crippen MR) is 85.0 cm³/mol. The first-order chi connectivity index (χ1) is 11.6. The number of aryl methyl sites for hydroxylation is 1. The molecule has 0 unspecified atom stereocenters. The van der Waals surface area contributed by atoms with E-state index in [0.29, 0.717) is 23.4 Å². The summed E-state index contributed by atoms with van der Waals surface area (Å²) in [6, 6.07) is 4.95. The average Bonchev–Trinajstić information content (AvgIpc) is 3.28. The number of benzene rings is 1. The number of halogens is 1. The van der Waals surface area contributed by atoms with Crippen molar-refractivity contribution in [3.8, 4) is 10.8 Å². The van der Waals surface area contributed by atoms with Crippen LogP contribution in [0.15, 0.2) is 28.8 Å². The van der Waals surface area contributed by atoms with E-state index in [1.807, 2.05) is 6.92 Å². The summed E-state index contributed by atoms with van der Waals surface area (Å²) in [5, 5.41) is 7.70. The largest absolute Gasteiger partial charge is 0.411 e. The minimum Gasteiger partial charge on any atom is -0.411 e. The van der Waals surface area contributed by atoms with Gasteiger partial charge in [-0.2, -0.15) is 0 Å². The van der Waals surface area contributed by atoms with Gasteiger partial charge in [-0.3, -0.25) is 4.79 Å². The number of rotatable bonds is 2. The van der Waals surface area contributed by atoms with Crippen LogP contribution in [0.2, 0.25) is 0 Å². The summed E-state index contributed by atoms with van der Waals surface area (Å²) in [6.07, 6.45) is 2.23. The SMILES string of the molecule is Cc1ccc(F)c2c1CCN(C(=O)c1nnc(-c3ccns3)o1)C2. The average molecular weight is 344 g/mol. The Morgan fingerprint density at radius 1 is 1.29 bits per heavy atom. The molecule has 0 atom stereocenters. The lowest BCUT2D eigenvalue weighted by molar-refractivity contribution is 0.0692. The van der Waals surface area contributed by atoms with Crippen LogP contribution in [0.4, 0.5) is 4.39 Å². The van der Waals surface area contributed by atoms with Crippen LogP contribution in [0.1, 0.15) is 27.4 Å². The molecule has 0 aliphatic carbocycles. The van der Waals surface area contributed by atoms with Crippen molar-refractivity contribution in [3.05, 3.63) is 52.8 Å². The molecule has 3 heterocycles. The van der Waals surface area contributed by atoms with Crippen molar-refractivity contribution in [1.82, 2.24) is 19.5 Å². The highest BCUT2D eigenvalue weighted by molar-refractivity contribution is 7.09. The first-order valence-electron chi connectivity index (χ1n) is 7.44. The van der Waals surface area contributed by atoms with Crippen LogP contribution in [0.3, 0.4) is 0 Å². The third-order valence-corrected chi connectivity index (χ3v) is 4.87. The highest BCUT2D eigenvalue weighted by Crippen LogP contribution is 2.26. The van der Waals surface area contributed by atoms with Crippen LogP contribution in [0.5, 0.6) is 0 Å². The Kier molecular flexibility index (Phi) is 3.61. The summed E-state index contributed by atoms with van der Waals surface area (Å²) < 4.78 is 23.5. The number of hydrogen-bond donors (Lipinski definition) is 0. The zero-order chi connectivity index (χ0) is 16.7. The monoisotopic (exact) mass is 344 g/mol. The Morgan fingerprint density at radius 2 is 2.17 bits per heavy atom. The van der Waals surface area contributed by atoms with Gasteiger partial charge in [0.05, 0.1) is 0 Å². The standard InChI is InChI=1S/C16H13FN4O2S/c1-9-2-3-12(17)11-8-21(7-5-10(9)11)16(22)15-20-19-14(23-15)13-4-6-18-24-13/h2-4,6H,5,7-8H2,1H3. The molecule has 0 saturated heterocycles. The molecule has 8 heteroatoms. The Balaban J connectivity index is 1.59. The Hall–Kier alpha value is -2.61. The summed E-state index contributed by atoms with van der Waals surface area (Å²) in [6.45, 7) is 2.66. The maximum atomic E-state index is 14.1. The molecule has 1 amide bonds. The summed E-state index contributed by atoms with van der Waals surface area (Å²) >= 11 is 1.21. The molecule has 4 rings (SSSR count). The van der Waals surface area contributed by atoms with Crippen LogP contribution >= 0.6 is 11.5 Å². The molecule has 122 valence electrons. The smallest absolute Gasteiger partial charge is 0.311 e. The molecule has 1 aromatic carbocycles. The van der Waals surface area contributed by atoms with Crippen molar-refractivity contribution in [1.29, 1.82) is 0 Å². The minimum absolute atomic E-state index is 0.0880. The van der Waals surface area contributed by atoms with Gasteiger partial charge in [0, 0.05) is 24.8 Å². The highest BCUT2D eigenvalue weighted by atomic mass is 32.1. The third-order valence-electron chi connectivity index (χ3n) is 4.13. The van der Waals surface area contributed by atoms with E-state index in [9.17, 15) is 9.18 Å². The molecule has 24 heavy (non-hydrogen) atoms. The minimum atomic E-state index is -0.384. The summed E-state index contributed by atoms with van der Waals surface area (Å²) in [5.74, 6) is -0.496. The van der Waals surface area contributed by atoms with Gasteiger partial charge in [0.2, 0.25) is 0 Å². The van der Waals surface area contributed by atoms with E-state index in [0.717, 1.165) is 11.1 Å². The highest BCUT2D eigenvalue weighted by Gasteiger charge is 2.28. The van der Waals surface area contributed by atoms with Crippen molar-refractivity contribution in [2.45, 2.75) is 19.9 Å². The Morgan fingerprint density at radius 3 is 2.96 bits per heavy atom. The van der Waals surface area contributed by atoms with Gasteiger partial charge in [0.1, 0.15) is 10.7 Å². The third kappa shape index (κ3) is 2.48. The van der Waals surface area contributed by atoms with E-state index in [1.165, 1.54) is 22.5 Å². The second-order valence-electron chi connectivity index (χ2n) is 5.59. The number of carbonyl (C=O) groups is 1. The Bertz CT molecular complexity index is 907. The predicted octanol–water partition coefficient (Wildman–Crippen LogP) is 2.84. The maximum absolute atomic E-state index is 14.1. The quantitative estimate of drug-likeness (QED) is 0.715. The number of hydrogen-bond acceptors (Lipinski definition) is 6. The van der Waals surface area contributed by atoms with Crippen molar-refractivity contribution >= 4 is 17.4 Å². The van der Waals surface area contributed by atoms with Gasteiger partial charge in [-0.25, -0.2) is 8.76 Å². The van der Waals surface area contributed by atoms with Gasteiger partial charge in [0.15, 0.2) is 0 Å². The second-order valence-corrected chi connectivity index (χ2v) is 6.42. The molecule has 2 aromatic heterocycles. The van der Waals surface area contributed by atoms with Crippen LogP contribution in [-0.4, -0.2) is 31.9 Å². The fourth-order valence-electron chi connectivity index (χ4n) is 2.86. The molecule has 0 N–H and O–H groups in total. The normalized spacial score (nSPS) is 13.8. The molecule has 0 fully saturated rings. The number of aromatic nitrogens is 3. The van der Waals surface area contributed by atoms with Crippen LogP contribution in [-0.2, 0) is 13.0 Å². The molecule has 3 aromatic rings. The van der Waals surface area contributed by atoms with Gasteiger partial charge in [0.25, 0.3) is 5.89 Å². The van der Waals surface area contributed by atoms with E-state index >= 15 is 0 Å². The molecule has 1 aliphatic heterocycles. The zero-order valence-electron chi connectivity index (χ0n) is 12.8. The fourth-order valence-corrected chi connectivity index (χ4v) is 3.38. The summed E-state index contributed by atoms with van der Waals surface area (Å²) in [4.78, 5) is 14.8. The molecular weight excluding hydrogens is 331 g/mol. The second kappa shape index (κ2) is 5.79. The number of carbonyl (C=O) groups excluding carboxylic acids is 1. The van der Waals surface area contributed by atoms with E-state index in [4.69, 9.17) is 4.42 Å². The molecule has 0 spiro atoms. The van der Waals surface area contributed by atoms with Crippen LogP contribution < -0.4 is 0 Å². The zero-order valence-corrected chi connectivity index (χ0v) is 13.6. The van der Waals surface area contributed by atoms with Gasteiger partial charge in [-0.15, -0.1) is 10.2 Å². The lowest BCUT2D eigenvalue weighted by atomic mass is 9.94. The lowest BCUT2D eigenvalue weighted by Gasteiger charge is -2.29. The molecular formula is C16H13FN4O2S. The van der Waals surface area contributed by atoms with Crippen LogP contribution in [0.25, 0.3) is 10.8 Å². The van der Waals surface area contributed by atoms with Crippen molar-refractivity contribution in [2.75, 3.05) is 6.54 Å². The first-order valence-corrected chi connectivity index (χ1v) is 8.21. The topological polar surface area (TPSA) is 72.1 Å². The molecule has 0 saturated carbocycles. The summed E-state index contributed by atoms with van der Waals surface area (Å²) in [5.41, 5.74) is 2.59. The number of fused-ring (bicyclic) bond motifs is 1. The van der Waals surface area contributed by atoms with E-state index in [-0.39, 0.29) is 30.1 Å². The van der Waals surface area contributed by atoms with Gasteiger partial charge >= 0.3 is 11.8 Å². The first kappa shape index (κ1) is 14.9. The van der Waals surface area contributed by atoms with Crippen molar-refractivity contribution < 1.29 is 13.6 Å². The van der Waals surface area contributed by atoms with Gasteiger partial charge in [-0.1, -0.05) is 6.07 Å². The lowest BCUT2D eigenvalue weighted by Crippen LogP contribution is -2.37. The Labute approximate surface area is 141 Å². The van der Waals surface area contributed by atoms with Crippen LogP contribution in [0, 0.1) is 12.7 Å². The van der Waals surface area contributed by atoms with E-state index < -0.39 is 0 Å². The molecule has 0 bridgehead atoms. The molecule has 0 radical (unpaired) electrons. The maximum Gasteiger partial charge on any atom is 0.311 e. The van der Waals surface area contributed by atoms with Crippen molar-refractivity contribution in [2.24, 2.45) is 0 Å². The number of amides is 1. The summed E-state index contributed by atoms with van der Waals surface area (Å²) in [7, 11) is 0. The number of nitrogens with zero attached hydrogens (tertiary/aromatic N) is 4. The van der Waals surface area contributed by atoms with Crippen molar-refractivity contribution in [3.63, 3.8) is 0 Å². The molecule has 1 aliphatic rings. The van der Waals surface area contributed by atoms with E-state index in [2.05, 4.69) is 14.6 Å². The molecule has 6 nitrogen and oxygen atoms in total.